The summed E-state index contributed by atoms with van der Waals surface area (Å²) in [5, 5.41) is 0. The van der Waals surface area contributed by atoms with Gasteiger partial charge in [-0.2, -0.15) is 0 Å². The Morgan fingerprint density at radius 1 is 1.06 bits per heavy atom. The van der Waals surface area contributed by atoms with Gasteiger partial charge in [-0.15, -0.1) is 0 Å². The lowest BCUT2D eigenvalue weighted by molar-refractivity contribution is -0.132. The molecule has 1 saturated carbocycles. The SMILES string of the molecule is COc1ccc(N(CCC(=O)N(Cc2cccnc2)C2CC2)S(=O)(=O)c2ccc(C)c(C)c2)cc1. The van der Waals surface area contributed by atoms with Crippen molar-refractivity contribution in [3.63, 3.8) is 0 Å². The molecular weight excluding hydrogens is 462 g/mol. The first-order valence-electron chi connectivity index (χ1n) is 11.7. The van der Waals surface area contributed by atoms with E-state index in [-0.39, 0.29) is 29.8 Å². The molecule has 0 bridgehead atoms. The predicted octanol–water partition coefficient (Wildman–Crippen LogP) is 4.48. The number of pyridine rings is 1. The number of carbonyl (C=O) groups excluding carboxylic acids is 1. The zero-order valence-electron chi connectivity index (χ0n) is 20.3. The van der Waals surface area contributed by atoms with Crippen LogP contribution in [0.2, 0.25) is 0 Å². The number of rotatable bonds is 10. The molecule has 1 amide bonds. The number of carbonyl (C=O) groups is 1. The number of hydrogen-bond acceptors (Lipinski definition) is 5. The van der Waals surface area contributed by atoms with E-state index in [4.69, 9.17) is 4.74 Å². The molecule has 2 aromatic carbocycles. The van der Waals surface area contributed by atoms with Crippen molar-refractivity contribution in [2.75, 3.05) is 18.0 Å². The highest BCUT2D eigenvalue weighted by molar-refractivity contribution is 7.92. The third kappa shape index (κ3) is 5.82. The Hall–Kier alpha value is -3.39. The maximum atomic E-state index is 13.7. The summed E-state index contributed by atoms with van der Waals surface area (Å²) in [6, 6.07) is 16.0. The Morgan fingerprint density at radius 3 is 2.40 bits per heavy atom. The molecule has 1 fully saturated rings. The van der Waals surface area contributed by atoms with Crippen molar-refractivity contribution in [3.05, 3.63) is 83.7 Å². The standard InChI is InChI=1S/C27H31N3O4S/c1-20-6-13-26(17-21(20)2)35(32,33)30(24-9-11-25(34-3)12-10-24)16-14-27(31)29(23-7-8-23)19-22-5-4-15-28-18-22/h4-6,9-13,15,17-18,23H,7-8,14,16,19H2,1-3H3. The summed E-state index contributed by atoms with van der Waals surface area (Å²) >= 11 is 0. The number of benzene rings is 2. The van der Waals surface area contributed by atoms with Crippen molar-refractivity contribution >= 4 is 21.6 Å². The topological polar surface area (TPSA) is 79.8 Å². The monoisotopic (exact) mass is 493 g/mol. The number of methoxy groups -OCH3 is 1. The number of amides is 1. The molecule has 35 heavy (non-hydrogen) atoms. The molecule has 1 aliphatic rings. The number of aryl methyl sites for hydroxylation is 2. The van der Waals surface area contributed by atoms with Crippen LogP contribution in [-0.2, 0) is 21.4 Å². The minimum atomic E-state index is -3.89. The van der Waals surface area contributed by atoms with Gasteiger partial charge in [-0.05, 0) is 85.8 Å². The number of sulfonamides is 1. The lowest BCUT2D eigenvalue weighted by Gasteiger charge is -2.27. The summed E-state index contributed by atoms with van der Waals surface area (Å²) in [5.74, 6) is 0.565. The molecule has 0 aliphatic heterocycles. The zero-order valence-corrected chi connectivity index (χ0v) is 21.2. The van der Waals surface area contributed by atoms with E-state index in [2.05, 4.69) is 4.98 Å². The van der Waals surface area contributed by atoms with Gasteiger partial charge >= 0.3 is 0 Å². The molecule has 0 saturated heterocycles. The predicted molar refractivity (Wildman–Crippen MR) is 136 cm³/mol. The molecule has 0 atom stereocenters. The Morgan fingerprint density at radius 2 is 1.80 bits per heavy atom. The van der Waals surface area contributed by atoms with Gasteiger partial charge < -0.3 is 9.64 Å². The molecule has 0 N–H and O–H groups in total. The van der Waals surface area contributed by atoms with E-state index in [9.17, 15) is 13.2 Å². The van der Waals surface area contributed by atoms with E-state index in [1.54, 1.807) is 55.9 Å². The first-order valence-corrected chi connectivity index (χ1v) is 13.2. The highest BCUT2D eigenvalue weighted by Gasteiger charge is 2.33. The Labute approximate surface area is 207 Å². The Bertz CT molecular complexity index is 1270. The molecular formula is C27H31N3O4S. The summed E-state index contributed by atoms with van der Waals surface area (Å²) in [7, 11) is -2.32. The highest BCUT2D eigenvalue weighted by Crippen LogP contribution is 2.30. The molecule has 0 spiro atoms. The van der Waals surface area contributed by atoms with Crippen LogP contribution in [0.4, 0.5) is 5.69 Å². The molecule has 184 valence electrons. The van der Waals surface area contributed by atoms with Gasteiger partial charge in [-0.25, -0.2) is 8.42 Å². The first kappa shape index (κ1) is 24.7. The van der Waals surface area contributed by atoms with Gasteiger partial charge in [0, 0.05) is 37.9 Å². The first-order chi connectivity index (χ1) is 16.8. The van der Waals surface area contributed by atoms with Crippen LogP contribution in [0.15, 0.2) is 71.9 Å². The van der Waals surface area contributed by atoms with E-state index in [1.165, 1.54) is 4.31 Å². The van der Waals surface area contributed by atoms with Gasteiger partial charge in [0.1, 0.15) is 5.75 Å². The zero-order chi connectivity index (χ0) is 25.0. The van der Waals surface area contributed by atoms with E-state index in [1.807, 2.05) is 36.9 Å². The molecule has 1 aromatic heterocycles. The lowest BCUT2D eigenvalue weighted by atomic mass is 10.1. The van der Waals surface area contributed by atoms with Crippen LogP contribution in [0.25, 0.3) is 0 Å². The molecule has 0 radical (unpaired) electrons. The number of hydrogen-bond donors (Lipinski definition) is 0. The van der Waals surface area contributed by atoms with Crippen molar-refractivity contribution < 1.29 is 17.9 Å². The molecule has 4 rings (SSSR count). The smallest absolute Gasteiger partial charge is 0.264 e. The number of nitrogens with zero attached hydrogens (tertiary/aromatic N) is 3. The van der Waals surface area contributed by atoms with Gasteiger partial charge in [0.05, 0.1) is 17.7 Å². The van der Waals surface area contributed by atoms with Crippen LogP contribution in [-0.4, -0.2) is 43.9 Å². The minimum Gasteiger partial charge on any atom is -0.497 e. The fraction of sp³-hybridized carbons (Fsp3) is 0.333. The molecule has 1 heterocycles. The summed E-state index contributed by atoms with van der Waals surface area (Å²) in [4.78, 5) is 19.5. The summed E-state index contributed by atoms with van der Waals surface area (Å²) < 4.78 is 34.0. The lowest BCUT2D eigenvalue weighted by Crippen LogP contribution is -2.38. The van der Waals surface area contributed by atoms with E-state index in [0.29, 0.717) is 18.0 Å². The molecule has 7 nitrogen and oxygen atoms in total. The second kappa shape index (κ2) is 10.5. The minimum absolute atomic E-state index is 0.0384. The summed E-state index contributed by atoms with van der Waals surface area (Å²) in [6.45, 7) is 4.35. The maximum absolute atomic E-state index is 13.7. The van der Waals surface area contributed by atoms with Gasteiger partial charge in [0.2, 0.25) is 5.91 Å². The Kier molecular flexibility index (Phi) is 7.40. The number of aromatic nitrogens is 1. The van der Waals surface area contributed by atoms with E-state index >= 15 is 0 Å². The maximum Gasteiger partial charge on any atom is 0.264 e. The number of anilines is 1. The molecule has 3 aromatic rings. The second-order valence-corrected chi connectivity index (χ2v) is 10.7. The van der Waals surface area contributed by atoms with Crippen molar-refractivity contribution in [2.24, 2.45) is 0 Å². The normalized spacial score (nSPS) is 13.3. The average molecular weight is 494 g/mol. The fourth-order valence-corrected chi connectivity index (χ4v) is 5.53. The van der Waals surface area contributed by atoms with Gasteiger partial charge in [-0.1, -0.05) is 12.1 Å². The molecule has 0 unspecified atom stereocenters. The van der Waals surface area contributed by atoms with Crippen molar-refractivity contribution in [2.45, 2.75) is 50.6 Å². The van der Waals surface area contributed by atoms with Crippen LogP contribution in [0.1, 0.15) is 36.0 Å². The molecule has 1 aliphatic carbocycles. The quantitative estimate of drug-likeness (QED) is 0.416. The second-order valence-electron chi connectivity index (χ2n) is 8.89. The molecule has 8 heteroatoms. The van der Waals surface area contributed by atoms with Crippen molar-refractivity contribution in [3.8, 4) is 5.75 Å². The number of ether oxygens (including phenoxy) is 1. The Balaban J connectivity index is 1.59. The summed E-state index contributed by atoms with van der Waals surface area (Å²) in [5.41, 5.74) is 3.36. The third-order valence-corrected chi connectivity index (χ3v) is 8.16. The highest BCUT2D eigenvalue weighted by atomic mass is 32.2. The van der Waals surface area contributed by atoms with Crippen LogP contribution in [0.3, 0.4) is 0 Å². The van der Waals surface area contributed by atoms with Crippen LogP contribution in [0, 0.1) is 13.8 Å². The van der Waals surface area contributed by atoms with Crippen molar-refractivity contribution in [1.29, 1.82) is 0 Å². The van der Waals surface area contributed by atoms with Gasteiger partial charge in [0.15, 0.2) is 0 Å². The summed E-state index contributed by atoms with van der Waals surface area (Å²) in [6.07, 6.45) is 5.48. The third-order valence-electron chi connectivity index (χ3n) is 6.34. The average Bonchev–Trinajstić information content (AvgIpc) is 3.70. The van der Waals surface area contributed by atoms with Crippen LogP contribution in [0.5, 0.6) is 5.75 Å². The van der Waals surface area contributed by atoms with E-state index in [0.717, 1.165) is 29.5 Å². The van der Waals surface area contributed by atoms with E-state index < -0.39 is 10.0 Å². The van der Waals surface area contributed by atoms with Gasteiger partial charge in [-0.3, -0.25) is 14.1 Å². The van der Waals surface area contributed by atoms with Crippen LogP contribution < -0.4 is 9.04 Å². The largest absolute Gasteiger partial charge is 0.497 e. The van der Waals surface area contributed by atoms with Crippen molar-refractivity contribution in [1.82, 2.24) is 9.88 Å². The van der Waals surface area contributed by atoms with Crippen LogP contribution >= 0.6 is 0 Å². The fourth-order valence-electron chi connectivity index (χ4n) is 3.97. The van der Waals surface area contributed by atoms with Gasteiger partial charge in [0.25, 0.3) is 10.0 Å².